The highest BCUT2D eigenvalue weighted by Crippen LogP contribution is 2.25. The van der Waals surface area contributed by atoms with Crippen molar-refractivity contribution in [2.75, 3.05) is 18.4 Å². The molecule has 0 spiro atoms. The number of carbonyl (C=O) groups excluding carboxylic acids is 1. The molecule has 2 aromatic carbocycles. The first-order valence-corrected chi connectivity index (χ1v) is 10.2. The molecule has 7 heteroatoms. The molecule has 0 aliphatic carbocycles. The second-order valence-corrected chi connectivity index (χ2v) is 8.08. The first-order chi connectivity index (χ1) is 12.9. The van der Waals surface area contributed by atoms with Crippen molar-refractivity contribution in [2.45, 2.75) is 25.7 Å². The van der Waals surface area contributed by atoms with Crippen molar-refractivity contribution in [2.24, 2.45) is 0 Å². The van der Waals surface area contributed by atoms with Gasteiger partial charge in [-0.25, -0.2) is 8.42 Å². The van der Waals surface area contributed by atoms with E-state index in [2.05, 4.69) is 5.32 Å². The maximum Gasteiger partial charge on any atom is 0.291 e. The second kappa shape index (κ2) is 7.54. The molecule has 1 aromatic heterocycles. The van der Waals surface area contributed by atoms with E-state index in [-0.39, 0.29) is 10.7 Å². The molecular formula is C20H22N2O4S. The molecule has 1 N–H and O–H groups in total. The summed E-state index contributed by atoms with van der Waals surface area (Å²) >= 11 is 0. The molecule has 0 unspecified atom stereocenters. The van der Waals surface area contributed by atoms with E-state index in [9.17, 15) is 13.2 Å². The van der Waals surface area contributed by atoms with Gasteiger partial charge in [0.15, 0.2) is 5.76 Å². The number of anilines is 1. The zero-order chi connectivity index (χ0) is 19.6. The lowest BCUT2D eigenvalue weighted by Crippen LogP contribution is -2.31. The van der Waals surface area contributed by atoms with E-state index in [0.717, 1.165) is 5.39 Å². The van der Waals surface area contributed by atoms with Crippen LogP contribution in [0.2, 0.25) is 0 Å². The Labute approximate surface area is 158 Å². The molecule has 6 nitrogen and oxygen atoms in total. The zero-order valence-electron chi connectivity index (χ0n) is 15.5. The van der Waals surface area contributed by atoms with Crippen LogP contribution in [0.3, 0.4) is 0 Å². The molecule has 3 aromatic rings. The average Bonchev–Trinajstić information content (AvgIpc) is 3.08. The van der Waals surface area contributed by atoms with Crippen LogP contribution in [-0.2, 0) is 10.0 Å². The summed E-state index contributed by atoms with van der Waals surface area (Å²) in [5.41, 5.74) is 1.65. The number of hydrogen-bond acceptors (Lipinski definition) is 4. The highest BCUT2D eigenvalue weighted by atomic mass is 32.2. The van der Waals surface area contributed by atoms with Gasteiger partial charge in [0.1, 0.15) is 5.58 Å². The third-order valence-electron chi connectivity index (χ3n) is 4.42. The number of hydrogen-bond donors (Lipinski definition) is 1. The first-order valence-electron chi connectivity index (χ1n) is 8.77. The Hall–Kier alpha value is -2.64. The number of benzene rings is 2. The van der Waals surface area contributed by atoms with Crippen molar-refractivity contribution < 1.29 is 17.6 Å². The number of sulfonamides is 1. The maximum absolute atomic E-state index is 12.8. The van der Waals surface area contributed by atoms with Gasteiger partial charge in [0.05, 0.1) is 4.90 Å². The lowest BCUT2D eigenvalue weighted by Gasteiger charge is -2.20. The number of nitrogens with one attached hydrogen (secondary N) is 1. The van der Waals surface area contributed by atoms with E-state index in [1.807, 2.05) is 18.2 Å². The fourth-order valence-corrected chi connectivity index (χ4v) is 4.65. The Bertz CT molecular complexity index is 1050. The molecule has 0 fully saturated rings. The lowest BCUT2D eigenvalue weighted by atomic mass is 10.2. The van der Waals surface area contributed by atoms with Crippen LogP contribution in [0.4, 0.5) is 5.69 Å². The minimum absolute atomic E-state index is 0.171. The van der Waals surface area contributed by atoms with E-state index >= 15 is 0 Å². The van der Waals surface area contributed by atoms with Crippen molar-refractivity contribution in [1.82, 2.24) is 4.31 Å². The Balaban J connectivity index is 1.90. The minimum atomic E-state index is -3.62. The molecule has 0 radical (unpaired) electrons. The van der Waals surface area contributed by atoms with Gasteiger partial charge in [-0.15, -0.1) is 0 Å². The number of rotatable bonds is 6. The molecule has 27 heavy (non-hydrogen) atoms. The van der Waals surface area contributed by atoms with Crippen LogP contribution in [0, 0.1) is 6.92 Å². The SMILES string of the molecule is CCN(CC)S(=O)(=O)c1cc(NC(=O)c2cc3ccccc3o2)ccc1C. The van der Waals surface area contributed by atoms with Gasteiger partial charge in [-0.05, 0) is 36.8 Å². The fraction of sp³-hybridized carbons (Fsp3) is 0.250. The van der Waals surface area contributed by atoms with Gasteiger partial charge in [-0.3, -0.25) is 4.79 Å². The van der Waals surface area contributed by atoms with E-state index in [1.165, 1.54) is 10.4 Å². The largest absolute Gasteiger partial charge is 0.451 e. The van der Waals surface area contributed by atoms with Crippen molar-refractivity contribution in [3.63, 3.8) is 0 Å². The summed E-state index contributed by atoms with van der Waals surface area (Å²) < 4.78 is 32.6. The van der Waals surface area contributed by atoms with Crippen LogP contribution >= 0.6 is 0 Å². The Morgan fingerprint density at radius 3 is 2.44 bits per heavy atom. The van der Waals surface area contributed by atoms with Crippen LogP contribution in [0.25, 0.3) is 11.0 Å². The van der Waals surface area contributed by atoms with Gasteiger partial charge < -0.3 is 9.73 Å². The first kappa shape index (κ1) is 19.1. The summed E-state index contributed by atoms with van der Waals surface area (Å²) in [6.07, 6.45) is 0. The minimum Gasteiger partial charge on any atom is -0.451 e. The molecule has 0 atom stereocenters. The molecule has 1 heterocycles. The maximum atomic E-state index is 12.8. The number of nitrogens with zero attached hydrogens (tertiary/aromatic N) is 1. The van der Waals surface area contributed by atoms with Crippen molar-refractivity contribution in [1.29, 1.82) is 0 Å². The topological polar surface area (TPSA) is 79.6 Å². The van der Waals surface area contributed by atoms with Crippen LogP contribution in [0.1, 0.15) is 30.0 Å². The third kappa shape index (κ3) is 3.74. The molecule has 1 amide bonds. The molecule has 0 saturated heterocycles. The van der Waals surface area contributed by atoms with Crippen molar-refractivity contribution >= 4 is 32.6 Å². The molecule has 3 rings (SSSR count). The van der Waals surface area contributed by atoms with Crippen LogP contribution in [0.15, 0.2) is 57.8 Å². The quantitative estimate of drug-likeness (QED) is 0.694. The van der Waals surface area contributed by atoms with Gasteiger partial charge in [-0.2, -0.15) is 4.31 Å². The number of fused-ring (bicyclic) bond motifs is 1. The standard InChI is InChI=1S/C20H22N2O4S/c1-4-22(5-2)27(24,25)19-13-16(11-10-14(19)3)21-20(23)18-12-15-8-6-7-9-17(15)26-18/h6-13H,4-5H2,1-3H3,(H,21,23). The predicted molar refractivity (Wildman–Crippen MR) is 105 cm³/mol. The monoisotopic (exact) mass is 386 g/mol. The van der Waals surface area contributed by atoms with E-state index in [4.69, 9.17) is 4.42 Å². The fourth-order valence-electron chi connectivity index (χ4n) is 2.94. The smallest absolute Gasteiger partial charge is 0.291 e. The van der Waals surface area contributed by atoms with E-state index in [0.29, 0.717) is 29.9 Å². The third-order valence-corrected chi connectivity index (χ3v) is 6.61. The Kier molecular flexibility index (Phi) is 5.34. The highest BCUT2D eigenvalue weighted by Gasteiger charge is 2.24. The van der Waals surface area contributed by atoms with Gasteiger partial charge in [-0.1, -0.05) is 38.1 Å². The number of aryl methyl sites for hydroxylation is 1. The van der Waals surface area contributed by atoms with Gasteiger partial charge >= 0.3 is 0 Å². The van der Waals surface area contributed by atoms with Crippen LogP contribution < -0.4 is 5.32 Å². The molecular weight excluding hydrogens is 364 g/mol. The number of carbonyl (C=O) groups is 1. The second-order valence-electron chi connectivity index (χ2n) is 6.17. The molecule has 0 bridgehead atoms. The summed E-state index contributed by atoms with van der Waals surface area (Å²) in [4.78, 5) is 12.7. The lowest BCUT2D eigenvalue weighted by molar-refractivity contribution is 0.0998. The number of furan rings is 1. The summed E-state index contributed by atoms with van der Waals surface area (Å²) in [6, 6.07) is 13.8. The van der Waals surface area contributed by atoms with Crippen molar-refractivity contribution in [3.8, 4) is 0 Å². The predicted octanol–water partition coefficient (Wildman–Crippen LogP) is 4.02. The number of para-hydroxylation sites is 1. The van der Waals surface area contributed by atoms with Crippen LogP contribution in [0.5, 0.6) is 0 Å². The van der Waals surface area contributed by atoms with Gasteiger partial charge in [0.25, 0.3) is 5.91 Å². The van der Waals surface area contributed by atoms with Crippen molar-refractivity contribution in [3.05, 3.63) is 59.9 Å². The highest BCUT2D eigenvalue weighted by molar-refractivity contribution is 7.89. The Morgan fingerprint density at radius 1 is 1.07 bits per heavy atom. The Morgan fingerprint density at radius 2 is 1.78 bits per heavy atom. The molecule has 0 saturated carbocycles. The van der Waals surface area contributed by atoms with E-state index < -0.39 is 15.9 Å². The normalized spacial score (nSPS) is 11.9. The summed E-state index contributed by atoms with van der Waals surface area (Å²) in [6.45, 7) is 6.09. The average molecular weight is 386 g/mol. The van der Waals surface area contributed by atoms with Gasteiger partial charge in [0.2, 0.25) is 10.0 Å². The summed E-state index contributed by atoms with van der Waals surface area (Å²) in [7, 11) is -3.62. The number of amides is 1. The molecule has 0 aliphatic heterocycles. The summed E-state index contributed by atoms with van der Waals surface area (Å²) in [5.74, 6) is -0.258. The summed E-state index contributed by atoms with van der Waals surface area (Å²) in [5, 5.41) is 3.55. The van der Waals surface area contributed by atoms with Crippen LogP contribution in [-0.4, -0.2) is 31.7 Å². The molecule has 0 aliphatic rings. The van der Waals surface area contributed by atoms with Gasteiger partial charge in [0, 0.05) is 24.2 Å². The van der Waals surface area contributed by atoms with E-state index in [1.54, 1.807) is 45.0 Å². The molecule has 142 valence electrons. The zero-order valence-corrected chi connectivity index (χ0v) is 16.3.